The smallest absolute Gasteiger partial charge is 0.325 e. The molecule has 0 unspecified atom stereocenters. The first-order valence-corrected chi connectivity index (χ1v) is 10.5. The van der Waals surface area contributed by atoms with Crippen molar-refractivity contribution in [1.82, 2.24) is 14.4 Å². The summed E-state index contributed by atoms with van der Waals surface area (Å²) in [6.45, 7) is 3.25. The Kier molecular flexibility index (Phi) is 6.27. The quantitative estimate of drug-likeness (QED) is 0.585. The molecule has 1 saturated heterocycles. The minimum atomic E-state index is -0.964. The topological polar surface area (TPSA) is 86.0 Å². The minimum absolute atomic E-state index is 0.208. The summed E-state index contributed by atoms with van der Waals surface area (Å²) in [4.78, 5) is 27.8. The van der Waals surface area contributed by atoms with Gasteiger partial charge in [0.2, 0.25) is 0 Å². The zero-order chi connectivity index (χ0) is 22.0. The molecule has 7 nitrogen and oxygen atoms in total. The van der Waals surface area contributed by atoms with Crippen LogP contribution in [0.4, 0.5) is 0 Å². The second-order valence-corrected chi connectivity index (χ2v) is 8.24. The SMILES string of the molecule is O=C(O)Cn1cc([C@@H](C(=O)O)N2CCN(Cc3cccc(Cl)c3)CC2)c2ccccc21. The number of carbonyl (C=O) groups is 2. The van der Waals surface area contributed by atoms with Crippen LogP contribution in [0.5, 0.6) is 0 Å². The van der Waals surface area contributed by atoms with E-state index in [4.69, 9.17) is 11.6 Å². The molecule has 0 aliphatic carbocycles. The number of rotatable bonds is 7. The Morgan fingerprint density at radius 2 is 1.74 bits per heavy atom. The van der Waals surface area contributed by atoms with Crippen molar-refractivity contribution in [2.24, 2.45) is 0 Å². The fraction of sp³-hybridized carbons (Fsp3) is 0.304. The van der Waals surface area contributed by atoms with Crippen LogP contribution in [0.3, 0.4) is 0 Å². The van der Waals surface area contributed by atoms with E-state index in [1.54, 1.807) is 10.8 Å². The molecule has 3 aromatic rings. The highest BCUT2D eigenvalue weighted by Crippen LogP contribution is 2.31. The van der Waals surface area contributed by atoms with Gasteiger partial charge >= 0.3 is 11.9 Å². The summed E-state index contributed by atoms with van der Waals surface area (Å²) in [5, 5.41) is 20.8. The van der Waals surface area contributed by atoms with Crippen molar-refractivity contribution in [3.05, 3.63) is 70.9 Å². The van der Waals surface area contributed by atoms with Gasteiger partial charge in [0.05, 0.1) is 0 Å². The predicted octanol–water partition coefficient (Wildman–Crippen LogP) is 3.32. The molecule has 31 heavy (non-hydrogen) atoms. The Morgan fingerprint density at radius 1 is 1.00 bits per heavy atom. The van der Waals surface area contributed by atoms with Gasteiger partial charge in [-0.15, -0.1) is 0 Å². The Bertz CT molecular complexity index is 1110. The molecule has 162 valence electrons. The van der Waals surface area contributed by atoms with Crippen molar-refractivity contribution < 1.29 is 19.8 Å². The van der Waals surface area contributed by atoms with Gasteiger partial charge in [-0.05, 0) is 23.8 Å². The summed E-state index contributed by atoms with van der Waals surface area (Å²) < 4.78 is 1.61. The van der Waals surface area contributed by atoms with Crippen molar-refractivity contribution >= 4 is 34.4 Å². The predicted molar refractivity (Wildman–Crippen MR) is 118 cm³/mol. The third-order valence-electron chi connectivity index (χ3n) is 5.72. The lowest BCUT2D eigenvalue weighted by atomic mass is 10.0. The molecule has 0 spiro atoms. The molecular weight excluding hydrogens is 418 g/mol. The number of carboxylic acids is 2. The summed E-state index contributed by atoms with van der Waals surface area (Å²) in [6, 6.07) is 14.3. The van der Waals surface area contributed by atoms with E-state index in [1.165, 1.54) is 0 Å². The van der Waals surface area contributed by atoms with E-state index in [-0.39, 0.29) is 6.54 Å². The number of aromatic nitrogens is 1. The number of halogens is 1. The van der Waals surface area contributed by atoms with E-state index in [2.05, 4.69) is 4.90 Å². The van der Waals surface area contributed by atoms with Gasteiger partial charge in [0.25, 0.3) is 0 Å². The molecule has 2 N–H and O–H groups in total. The van der Waals surface area contributed by atoms with Gasteiger partial charge in [0.15, 0.2) is 0 Å². The van der Waals surface area contributed by atoms with Crippen molar-refractivity contribution in [2.75, 3.05) is 26.2 Å². The van der Waals surface area contributed by atoms with Crippen molar-refractivity contribution in [3.63, 3.8) is 0 Å². The normalized spacial score (nSPS) is 16.4. The monoisotopic (exact) mass is 441 g/mol. The molecule has 1 aliphatic heterocycles. The lowest BCUT2D eigenvalue weighted by Crippen LogP contribution is -2.48. The zero-order valence-electron chi connectivity index (χ0n) is 16.9. The molecule has 1 atom stereocenters. The molecule has 4 rings (SSSR count). The standard InChI is InChI=1S/C23H24ClN3O4/c24-17-5-3-4-16(12-17)13-25-8-10-26(11-9-25)22(23(30)31)19-14-27(15-21(28)29)20-7-2-1-6-18(19)20/h1-7,12,14,22H,8-11,13,15H2,(H,28,29)(H,30,31)/t22-/m0/s1. The van der Waals surface area contributed by atoms with Crippen LogP contribution in [0.2, 0.25) is 5.02 Å². The molecule has 0 bridgehead atoms. The number of para-hydroxylation sites is 1. The molecule has 2 aromatic carbocycles. The van der Waals surface area contributed by atoms with Crippen LogP contribution in [0, 0.1) is 0 Å². The van der Waals surface area contributed by atoms with Gasteiger partial charge in [-0.1, -0.05) is 41.9 Å². The van der Waals surface area contributed by atoms with E-state index in [1.807, 2.05) is 53.4 Å². The number of benzene rings is 2. The Hall–Kier alpha value is -2.87. The summed E-state index contributed by atoms with van der Waals surface area (Å²) in [6.07, 6.45) is 1.68. The van der Waals surface area contributed by atoms with Crippen LogP contribution >= 0.6 is 11.6 Å². The summed E-state index contributed by atoms with van der Waals surface area (Å²) in [7, 11) is 0. The maximum absolute atomic E-state index is 12.3. The van der Waals surface area contributed by atoms with E-state index in [9.17, 15) is 19.8 Å². The van der Waals surface area contributed by atoms with Gasteiger partial charge in [-0.25, -0.2) is 0 Å². The highest BCUT2D eigenvalue weighted by atomic mass is 35.5. The number of nitrogens with zero attached hydrogens (tertiary/aromatic N) is 3. The molecule has 1 aliphatic rings. The fourth-order valence-electron chi connectivity index (χ4n) is 4.33. The maximum Gasteiger partial charge on any atom is 0.325 e. The van der Waals surface area contributed by atoms with Gasteiger partial charge in [-0.3, -0.25) is 19.4 Å². The molecule has 1 aromatic heterocycles. The van der Waals surface area contributed by atoms with Crippen molar-refractivity contribution in [1.29, 1.82) is 0 Å². The van der Waals surface area contributed by atoms with E-state index in [0.29, 0.717) is 23.7 Å². The van der Waals surface area contributed by atoms with Crippen LogP contribution in [-0.4, -0.2) is 62.7 Å². The molecular formula is C23H24ClN3O4. The van der Waals surface area contributed by atoms with E-state index >= 15 is 0 Å². The number of hydrogen-bond donors (Lipinski definition) is 2. The average molecular weight is 442 g/mol. The largest absolute Gasteiger partial charge is 0.480 e. The summed E-state index contributed by atoms with van der Waals surface area (Å²) in [5.41, 5.74) is 2.49. The summed E-state index contributed by atoms with van der Waals surface area (Å²) >= 11 is 6.08. The molecule has 0 amide bonds. The van der Waals surface area contributed by atoms with Gasteiger partial charge in [0, 0.05) is 60.4 Å². The summed E-state index contributed by atoms with van der Waals surface area (Å²) in [5.74, 6) is -1.89. The highest BCUT2D eigenvalue weighted by Gasteiger charge is 2.32. The molecule has 8 heteroatoms. The van der Waals surface area contributed by atoms with Crippen LogP contribution in [0.1, 0.15) is 17.2 Å². The number of piperazine rings is 1. The number of hydrogen-bond acceptors (Lipinski definition) is 4. The third kappa shape index (κ3) is 4.74. The lowest BCUT2D eigenvalue weighted by molar-refractivity contribution is -0.144. The van der Waals surface area contributed by atoms with E-state index in [0.717, 1.165) is 36.1 Å². The molecule has 2 heterocycles. The molecule has 0 radical (unpaired) electrons. The van der Waals surface area contributed by atoms with Crippen molar-refractivity contribution in [2.45, 2.75) is 19.1 Å². The fourth-order valence-corrected chi connectivity index (χ4v) is 4.54. The average Bonchev–Trinajstić information content (AvgIpc) is 3.07. The van der Waals surface area contributed by atoms with E-state index < -0.39 is 18.0 Å². The molecule has 1 fully saturated rings. The van der Waals surface area contributed by atoms with Crippen molar-refractivity contribution in [3.8, 4) is 0 Å². The maximum atomic E-state index is 12.3. The first kappa shape index (κ1) is 21.4. The van der Waals surface area contributed by atoms with Gasteiger partial charge in [0.1, 0.15) is 12.6 Å². The Morgan fingerprint density at radius 3 is 2.42 bits per heavy atom. The number of fused-ring (bicyclic) bond motifs is 1. The van der Waals surface area contributed by atoms with Gasteiger partial charge in [-0.2, -0.15) is 0 Å². The zero-order valence-corrected chi connectivity index (χ0v) is 17.7. The van der Waals surface area contributed by atoms with Crippen LogP contribution in [-0.2, 0) is 22.7 Å². The second kappa shape index (κ2) is 9.09. The minimum Gasteiger partial charge on any atom is -0.480 e. The number of aliphatic carboxylic acids is 2. The molecule has 0 saturated carbocycles. The lowest BCUT2D eigenvalue weighted by Gasteiger charge is -2.37. The third-order valence-corrected chi connectivity index (χ3v) is 5.96. The Balaban J connectivity index is 1.54. The van der Waals surface area contributed by atoms with Crippen LogP contribution in [0.15, 0.2) is 54.7 Å². The first-order chi connectivity index (χ1) is 14.9. The van der Waals surface area contributed by atoms with Crippen LogP contribution < -0.4 is 0 Å². The Labute approximate surface area is 185 Å². The highest BCUT2D eigenvalue weighted by molar-refractivity contribution is 6.30. The van der Waals surface area contributed by atoms with Gasteiger partial charge < -0.3 is 14.8 Å². The first-order valence-electron chi connectivity index (χ1n) is 10.2. The van der Waals surface area contributed by atoms with Crippen LogP contribution in [0.25, 0.3) is 10.9 Å². The second-order valence-electron chi connectivity index (χ2n) is 7.81. The number of carboxylic acid groups (broad SMARTS) is 2.